The van der Waals surface area contributed by atoms with E-state index in [0.717, 1.165) is 43.2 Å². The van der Waals surface area contributed by atoms with Crippen molar-refractivity contribution < 1.29 is 9.90 Å². The molecule has 4 rings (SSSR count). The summed E-state index contributed by atoms with van der Waals surface area (Å²) >= 11 is 0. The number of carbonyl (C=O) groups excluding carboxylic acids is 1. The van der Waals surface area contributed by atoms with Crippen molar-refractivity contribution in [3.63, 3.8) is 0 Å². The molecule has 1 atom stereocenters. The summed E-state index contributed by atoms with van der Waals surface area (Å²) in [5.41, 5.74) is 1.35. The van der Waals surface area contributed by atoms with Gasteiger partial charge in [0, 0.05) is 43.5 Å². The van der Waals surface area contributed by atoms with Gasteiger partial charge in [-0.15, -0.1) is 0 Å². The van der Waals surface area contributed by atoms with E-state index in [-0.39, 0.29) is 11.7 Å². The van der Waals surface area contributed by atoms with Crippen LogP contribution in [0.25, 0.3) is 0 Å². The number of aryl methyl sites for hydroxylation is 1. The largest absolute Gasteiger partial charge is 0.508 e. The molecule has 2 heterocycles. The number of carbonyl (C=O) groups is 1. The Morgan fingerprint density at radius 3 is 2.92 bits per heavy atom. The summed E-state index contributed by atoms with van der Waals surface area (Å²) in [7, 11) is 0. The number of likely N-dealkylation sites (tertiary alicyclic amines) is 1. The number of phenolic OH excluding ortho intramolecular Hbond substituents is 1. The fourth-order valence-corrected chi connectivity index (χ4v) is 3.71. The number of benzene rings is 1. The summed E-state index contributed by atoms with van der Waals surface area (Å²) in [6.45, 7) is 4.37. The maximum Gasteiger partial charge on any atom is 0.254 e. The predicted octanol–water partition coefficient (Wildman–Crippen LogP) is 3.33. The number of amides is 1. The van der Waals surface area contributed by atoms with E-state index in [2.05, 4.69) is 15.7 Å². The first-order valence-corrected chi connectivity index (χ1v) is 9.21. The predicted molar refractivity (Wildman–Crippen MR) is 95.7 cm³/mol. The molecule has 1 saturated carbocycles. The zero-order chi connectivity index (χ0) is 17.4. The molecule has 0 spiro atoms. The van der Waals surface area contributed by atoms with Crippen LogP contribution in [0.4, 0.5) is 0 Å². The third kappa shape index (κ3) is 3.41. The molecule has 25 heavy (non-hydrogen) atoms. The number of phenols is 1. The highest BCUT2D eigenvalue weighted by molar-refractivity contribution is 5.94. The van der Waals surface area contributed by atoms with Crippen LogP contribution in [0.2, 0.25) is 0 Å². The van der Waals surface area contributed by atoms with E-state index >= 15 is 0 Å². The summed E-state index contributed by atoms with van der Waals surface area (Å²) in [5.74, 6) is 2.41. The molecule has 1 aromatic carbocycles. The van der Waals surface area contributed by atoms with Crippen molar-refractivity contribution in [3.05, 3.63) is 47.5 Å². The summed E-state index contributed by atoms with van der Waals surface area (Å²) in [6, 6.07) is 5.18. The molecule has 5 heteroatoms. The molecule has 2 aromatic rings. The molecular formula is C20H25N3O2. The Hall–Kier alpha value is -2.30. The Bertz CT molecular complexity index is 779. The molecule has 1 amide bonds. The zero-order valence-electron chi connectivity index (χ0n) is 14.7. The minimum Gasteiger partial charge on any atom is -0.508 e. The highest BCUT2D eigenvalue weighted by Gasteiger charge is 2.29. The molecule has 1 aliphatic heterocycles. The first kappa shape index (κ1) is 16.2. The fourth-order valence-electron chi connectivity index (χ4n) is 3.71. The maximum absolute atomic E-state index is 12.8. The third-order valence-electron chi connectivity index (χ3n) is 5.43. The lowest BCUT2D eigenvalue weighted by atomic mass is 9.96. The van der Waals surface area contributed by atoms with Gasteiger partial charge in [-0.05, 0) is 56.2 Å². The first-order chi connectivity index (χ1) is 12.1. The standard InChI is InChI=1S/C20H25N3O2/c1-14-4-7-16(11-18(14)24)20(25)23-9-2-3-17(13-23)19-21-8-10-22(19)12-15-5-6-15/h4,7-8,10-11,15,17,24H,2-3,5-6,9,12-13H2,1H3/t17-/m1/s1. The Morgan fingerprint density at radius 1 is 1.32 bits per heavy atom. The van der Waals surface area contributed by atoms with Gasteiger partial charge in [0.15, 0.2) is 0 Å². The highest BCUT2D eigenvalue weighted by Crippen LogP contribution is 2.33. The minimum atomic E-state index is 0.000277. The second-order valence-corrected chi connectivity index (χ2v) is 7.47. The smallest absolute Gasteiger partial charge is 0.254 e. The van der Waals surface area contributed by atoms with Gasteiger partial charge < -0.3 is 14.6 Å². The number of hydrogen-bond donors (Lipinski definition) is 1. The monoisotopic (exact) mass is 339 g/mol. The molecule has 5 nitrogen and oxygen atoms in total. The number of rotatable bonds is 4. The van der Waals surface area contributed by atoms with Crippen LogP contribution < -0.4 is 0 Å². The van der Waals surface area contributed by atoms with Gasteiger partial charge in [-0.25, -0.2) is 4.98 Å². The van der Waals surface area contributed by atoms with Crippen molar-refractivity contribution in [2.24, 2.45) is 5.92 Å². The number of piperidine rings is 1. The zero-order valence-corrected chi connectivity index (χ0v) is 14.7. The van der Waals surface area contributed by atoms with Gasteiger partial charge in [-0.3, -0.25) is 4.79 Å². The van der Waals surface area contributed by atoms with E-state index in [1.807, 2.05) is 18.0 Å². The van der Waals surface area contributed by atoms with Crippen molar-refractivity contribution in [2.75, 3.05) is 13.1 Å². The Morgan fingerprint density at radius 2 is 2.16 bits per heavy atom. The fraction of sp³-hybridized carbons (Fsp3) is 0.500. The molecule has 132 valence electrons. The second kappa shape index (κ2) is 6.54. The van der Waals surface area contributed by atoms with E-state index in [0.29, 0.717) is 18.0 Å². The summed E-state index contributed by atoms with van der Waals surface area (Å²) in [6.07, 6.45) is 8.67. The van der Waals surface area contributed by atoms with Crippen molar-refractivity contribution in [2.45, 2.75) is 45.1 Å². The molecule has 2 aliphatic rings. The van der Waals surface area contributed by atoms with Gasteiger partial charge in [0.25, 0.3) is 5.91 Å². The molecule has 2 fully saturated rings. The topological polar surface area (TPSA) is 58.4 Å². The molecule has 0 unspecified atom stereocenters. The number of aromatic hydroxyl groups is 1. The van der Waals surface area contributed by atoms with Crippen molar-refractivity contribution in [3.8, 4) is 5.75 Å². The van der Waals surface area contributed by atoms with Crippen LogP contribution in [-0.2, 0) is 6.54 Å². The molecule has 1 aromatic heterocycles. The summed E-state index contributed by atoms with van der Waals surface area (Å²) < 4.78 is 2.29. The van der Waals surface area contributed by atoms with Crippen LogP contribution in [0, 0.1) is 12.8 Å². The second-order valence-electron chi connectivity index (χ2n) is 7.47. The SMILES string of the molecule is Cc1ccc(C(=O)N2CCC[C@@H](c3nccn3CC3CC3)C2)cc1O. The van der Waals surface area contributed by atoms with Crippen molar-refractivity contribution in [1.82, 2.24) is 14.5 Å². The van der Waals surface area contributed by atoms with Gasteiger partial charge >= 0.3 is 0 Å². The lowest BCUT2D eigenvalue weighted by Gasteiger charge is -2.33. The summed E-state index contributed by atoms with van der Waals surface area (Å²) in [5, 5.41) is 9.89. The van der Waals surface area contributed by atoms with E-state index in [4.69, 9.17) is 0 Å². The van der Waals surface area contributed by atoms with Crippen LogP contribution in [-0.4, -0.2) is 38.6 Å². The average Bonchev–Trinajstić information content (AvgIpc) is 3.32. The lowest BCUT2D eigenvalue weighted by molar-refractivity contribution is 0.0702. The van der Waals surface area contributed by atoms with Gasteiger partial charge in [0.1, 0.15) is 11.6 Å². The quantitative estimate of drug-likeness (QED) is 0.929. The van der Waals surface area contributed by atoms with Gasteiger partial charge in [0.05, 0.1) is 0 Å². The van der Waals surface area contributed by atoms with E-state index in [1.165, 1.54) is 12.8 Å². The molecule has 0 bridgehead atoms. The first-order valence-electron chi connectivity index (χ1n) is 9.21. The van der Waals surface area contributed by atoms with E-state index in [9.17, 15) is 9.90 Å². The average molecular weight is 339 g/mol. The van der Waals surface area contributed by atoms with Gasteiger partial charge in [-0.1, -0.05) is 6.07 Å². The number of hydrogen-bond acceptors (Lipinski definition) is 3. The van der Waals surface area contributed by atoms with Crippen LogP contribution in [0.15, 0.2) is 30.6 Å². The number of nitrogens with zero attached hydrogens (tertiary/aromatic N) is 3. The number of aromatic nitrogens is 2. The summed E-state index contributed by atoms with van der Waals surface area (Å²) in [4.78, 5) is 19.3. The highest BCUT2D eigenvalue weighted by atomic mass is 16.3. The van der Waals surface area contributed by atoms with Gasteiger partial charge in [0.2, 0.25) is 0 Å². The normalized spacial score (nSPS) is 20.7. The van der Waals surface area contributed by atoms with Crippen molar-refractivity contribution in [1.29, 1.82) is 0 Å². The van der Waals surface area contributed by atoms with Crippen LogP contribution in [0.5, 0.6) is 5.75 Å². The Labute approximate surface area is 148 Å². The number of imidazole rings is 1. The maximum atomic E-state index is 12.8. The van der Waals surface area contributed by atoms with Crippen LogP contribution in [0.1, 0.15) is 53.3 Å². The minimum absolute atomic E-state index is 0.000277. The van der Waals surface area contributed by atoms with E-state index in [1.54, 1.807) is 18.2 Å². The third-order valence-corrected chi connectivity index (χ3v) is 5.43. The van der Waals surface area contributed by atoms with Gasteiger partial charge in [-0.2, -0.15) is 0 Å². The lowest BCUT2D eigenvalue weighted by Crippen LogP contribution is -2.39. The molecule has 1 aliphatic carbocycles. The molecule has 1 N–H and O–H groups in total. The molecule has 0 radical (unpaired) electrons. The van der Waals surface area contributed by atoms with Crippen molar-refractivity contribution >= 4 is 5.91 Å². The molecule has 1 saturated heterocycles. The Kier molecular flexibility index (Phi) is 4.24. The van der Waals surface area contributed by atoms with Crippen LogP contribution >= 0.6 is 0 Å². The van der Waals surface area contributed by atoms with Crippen LogP contribution in [0.3, 0.4) is 0 Å². The Balaban J connectivity index is 1.49. The van der Waals surface area contributed by atoms with E-state index < -0.39 is 0 Å². The molecular weight excluding hydrogens is 314 g/mol.